The summed E-state index contributed by atoms with van der Waals surface area (Å²) in [6.07, 6.45) is 1.64. The van der Waals surface area contributed by atoms with Gasteiger partial charge in [0.05, 0.1) is 16.8 Å². The van der Waals surface area contributed by atoms with Crippen LogP contribution in [-0.2, 0) is 0 Å². The van der Waals surface area contributed by atoms with Crippen LogP contribution in [0.3, 0.4) is 0 Å². The Bertz CT molecular complexity index is 693. The molecule has 0 aliphatic heterocycles. The lowest BCUT2D eigenvalue weighted by atomic mass is 10.1. The summed E-state index contributed by atoms with van der Waals surface area (Å²) in [7, 11) is 0. The van der Waals surface area contributed by atoms with Crippen molar-refractivity contribution in [3.05, 3.63) is 48.0 Å². The van der Waals surface area contributed by atoms with Crippen LogP contribution in [0.15, 0.2) is 48.0 Å². The minimum atomic E-state index is 0.227. The predicted octanol–water partition coefficient (Wildman–Crippen LogP) is 3.16. The summed E-state index contributed by atoms with van der Waals surface area (Å²) >= 11 is 1.57. The van der Waals surface area contributed by atoms with Crippen molar-refractivity contribution in [3.8, 4) is 27.6 Å². The molecular formula is C14H11N3OS. The number of phenolic OH excluding ortho intramolecular Hbond substituents is 1. The van der Waals surface area contributed by atoms with E-state index in [1.807, 2.05) is 17.5 Å². The van der Waals surface area contributed by atoms with E-state index in [1.54, 1.807) is 41.8 Å². The molecule has 0 aliphatic carbocycles. The molecule has 0 aliphatic rings. The van der Waals surface area contributed by atoms with Crippen LogP contribution < -0.4 is 5.73 Å². The standard InChI is InChI=1S/C14H11N3OS/c15-14-13(12-2-1-7-19-12)17-11(8-16-14)9-3-5-10(18)6-4-9/h1-8,18H,(H2,15,16). The third-order valence-corrected chi connectivity index (χ3v) is 3.60. The summed E-state index contributed by atoms with van der Waals surface area (Å²) in [5.74, 6) is 0.649. The zero-order valence-electron chi connectivity index (χ0n) is 9.95. The van der Waals surface area contributed by atoms with Crippen LogP contribution in [0, 0.1) is 0 Å². The molecule has 94 valence electrons. The highest BCUT2D eigenvalue weighted by atomic mass is 32.1. The number of anilines is 1. The summed E-state index contributed by atoms with van der Waals surface area (Å²) in [6.45, 7) is 0. The Morgan fingerprint density at radius 2 is 1.89 bits per heavy atom. The quantitative estimate of drug-likeness (QED) is 0.749. The Balaban J connectivity index is 2.09. The van der Waals surface area contributed by atoms with Crippen molar-refractivity contribution >= 4 is 17.2 Å². The highest BCUT2D eigenvalue weighted by Crippen LogP contribution is 2.29. The fourth-order valence-corrected chi connectivity index (χ4v) is 2.49. The molecule has 0 saturated heterocycles. The molecule has 0 bridgehead atoms. The van der Waals surface area contributed by atoms with Crippen LogP contribution in [0.4, 0.5) is 5.82 Å². The molecule has 0 unspecified atom stereocenters. The van der Waals surface area contributed by atoms with Gasteiger partial charge >= 0.3 is 0 Å². The molecule has 0 radical (unpaired) electrons. The molecule has 0 fully saturated rings. The van der Waals surface area contributed by atoms with Crippen molar-refractivity contribution in [2.24, 2.45) is 0 Å². The molecule has 2 heterocycles. The van der Waals surface area contributed by atoms with E-state index in [0.29, 0.717) is 11.5 Å². The Morgan fingerprint density at radius 1 is 1.11 bits per heavy atom. The molecule has 0 atom stereocenters. The third kappa shape index (κ3) is 2.28. The summed E-state index contributed by atoms with van der Waals surface area (Å²) in [4.78, 5) is 9.74. The van der Waals surface area contributed by atoms with E-state index in [1.165, 1.54) is 0 Å². The van der Waals surface area contributed by atoms with Crippen molar-refractivity contribution in [2.45, 2.75) is 0 Å². The molecule has 0 saturated carbocycles. The van der Waals surface area contributed by atoms with Crippen LogP contribution >= 0.6 is 11.3 Å². The fraction of sp³-hybridized carbons (Fsp3) is 0. The van der Waals surface area contributed by atoms with E-state index in [2.05, 4.69) is 9.97 Å². The SMILES string of the molecule is Nc1ncc(-c2ccc(O)cc2)nc1-c1cccs1. The maximum Gasteiger partial charge on any atom is 0.150 e. The largest absolute Gasteiger partial charge is 0.508 e. The predicted molar refractivity (Wildman–Crippen MR) is 76.9 cm³/mol. The maximum atomic E-state index is 9.30. The van der Waals surface area contributed by atoms with Gasteiger partial charge in [-0.15, -0.1) is 11.3 Å². The number of rotatable bonds is 2. The second-order valence-electron chi connectivity index (χ2n) is 4.01. The highest BCUT2D eigenvalue weighted by molar-refractivity contribution is 7.13. The van der Waals surface area contributed by atoms with Crippen molar-refractivity contribution in [3.63, 3.8) is 0 Å². The van der Waals surface area contributed by atoms with Crippen LogP contribution in [0.1, 0.15) is 0 Å². The number of thiophene rings is 1. The molecule has 5 heteroatoms. The number of nitrogen functional groups attached to an aromatic ring is 1. The average Bonchev–Trinajstić information content (AvgIpc) is 2.94. The van der Waals surface area contributed by atoms with Gasteiger partial charge < -0.3 is 10.8 Å². The lowest BCUT2D eigenvalue weighted by Gasteiger charge is -2.05. The van der Waals surface area contributed by atoms with E-state index in [4.69, 9.17) is 5.73 Å². The lowest BCUT2D eigenvalue weighted by Crippen LogP contribution is -1.97. The van der Waals surface area contributed by atoms with Gasteiger partial charge in [0.1, 0.15) is 11.4 Å². The first-order valence-electron chi connectivity index (χ1n) is 5.70. The van der Waals surface area contributed by atoms with Crippen LogP contribution in [-0.4, -0.2) is 15.1 Å². The second-order valence-corrected chi connectivity index (χ2v) is 4.96. The van der Waals surface area contributed by atoms with Crippen molar-refractivity contribution in [1.82, 2.24) is 9.97 Å². The zero-order valence-corrected chi connectivity index (χ0v) is 10.8. The number of nitrogens with zero attached hydrogens (tertiary/aromatic N) is 2. The molecule has 2 aromatic heterocycles. The van der Waals surface area contributed by atoms with Gasteiger partial charge in [-0.05, 0) is 35.7 Å². The zero-order chi connectivity index (χ0) is 13.2. The van der Waals surface area contributed by atoms with E-state index < -0.39 is 0 Å². The Morgan fingerprint density at radius 3 is 2.58 bits per heavy atom. The smallest absolute Gasteiger partial charge is 0.150 e. The number of hydrogen-bond donors (Lipinski definition) is 2. The molecule has 0 spiro atoms. The first-order valence-corrected chi connectivity index (χ1v) is 6.58. The van der Waals surface area contributed by atoms with Gasteiger partial charge in [0.2, 0.25) is 0 Å². The minimum absolute atomic E-state index is 0.227. The minimum Gasteiger partial charge on any atom is -0.508 e. The maximum absolute atomic E-state index is 9.30. The summed E-state index contributed by atoms with van der Waals surface area (Å²) in [5, 5.41) is 11.3. The topological polar surface area (TPSA) is 72.0 Å². The molecule has 3 rings (SSSR count). The summed E-state index contributed by atoms with van der Waals surface area (Å²) in [6, 6.07) is 10.8. The van der Waals surface area contributed by atoms with E-state index in [0.717, 1.165) is 16.1 Å². The summed E-state index contributed by atoms with van der Waals surface area (Å²) in [5.41, 5.74) is 8.20. The molecule has 1 aromatic carbocycles. The first-order chi connectivity index (χ1) is 9.24. The van der Waals surface area contributed by atoms with Crippen molar-refractivity contribution in [1.29, 1.82) is 0 Å². The molecule has 3 N–H and O–H groups in total. The van der Waals surface area contributed by atoms with Gasteiger partial charge in [0, 0.05) is 5.56 Å². The first kappa shape index (κ1) is 11.7. The van der Waals surface area contributed by atoms with Crippen molar-refractivity contribution < 1.29 is 5.11 Å². The monoisotopic (exact) mass is 269 g/mol. The highest BCUT2D eigenvalue weighted by Gasteiger charge is 2.09. The van der Waals surface area contributed by atoms with Crippen LogP contribution in [0.5, 0.6) is 5.75 Å². The average molecular weight is 269 g/mol. The fourth-order valence-electron chi connectivity index (χ4n) is 1.76. The molecule has 19 heavy (non-hydrogen) atoms. The van der Waals surface area contributed by atoms with Gasteiger partial charge in [0.15, 0.2) is 5.82 Å². The van der Waals surface area contributed by atoms with Crippen LogP contribution in [0.25, 0.3) is 21.8 Å². The van der Waals surface area contributed by atoms with Gasteiger partial charge in [-0.3, -0.25) is 0 Å². The van der Waals surface area contributed by atoms with Gasteiger partial charge in [0.25, 0.3) is 0 Å². The Hall–Kier alpha value is -2.40. The van der Waals surface area contributed by atoms with Gasteiger partial charge in [-0.25, -0.2) is 9.97 Å². The number of benzene rings is 1. The molecule has 3 aromatic rings. The van der Waals surface area contributed by atoms with E-state index in [-0.39, 0.29) is 5.75 Å². The number of hydrogen-bond acceptors (Lipinski definition) is 5. The van der Waals surface area contributed by atoms with E-state index >= 15 is 0 Å². The number of aromatic hydroxyl groups is 1. The summed E-state index contributed by atoms with van der Waals surface area (Å²) < 4.78 is 0. The van der Waals surface area contributed by atoms with E-state index in [9.17, 15) is 5.11 Å². The number of aromatic nitrogens is 2. The van der Waals surface area contributed by atoms with Crippen LogP contribution in [0.2, 0.25) is 0 Å². The Kier molecular flexibility index (Phi) is 2.89. The normalized spacial score (nSPS) is 10.5. The molecule has 0 amide bonds. The second kappa shape index (κ2) is 4.70. The lowest BCUT2D eigenvalue weighted by molar-refractivity contribution is 0.475. The number of nitrogens with two attached hydrogens (primary N) is 1. The third-order valence-electron chi connectivity index (χ3n) is 2.72. The van der Waals surface area contributed by atoms with Gasteiger partial charge in [-0.2, -0.15) is 0 Å². The molecular weight excluding hydrogens is 258 g/mol. The van der Waals surface area contributed by atoms with Crippen molar-refractivity contribution in [2.75, 3.05) is 5.73 Å². The number of phenols is 1. The molecule has 4 nitrogen and oxygen atoms in total. The van der Waals surface area contributed by atoms with Gasteiger partial charge in [-0.1, -0.05) is 6.07 Å². The Labute approximate surface area is 114 Å².